The molecule has 132 valence electrons. The van der Waals surface area contributed by atoms with E-state index in [1.54, 1.807) is 25.3 Å². The van der Waals surface area contributed by atoms with E-state index in [2.05, 4.69) is 15.3 Å². The van der Waals surface area contributed by atoms with Crippen molar-refractivity contribution >= 4 is 45.1 Å². The molecular weight excluding hydrogens is 396 g/mol. The lowest BCUT2D eigenvalue weighted by Gasteiger charge is -2.19. The highest BCUT2D eigenvalue weighted by atomic mass is 35.5. The molecule has 1 N–H and O–H groups in total. The topological polar surface area (TPSA) is 93.9 Å². The van der Waals surface area contributed by atoms with E-state index >= 15 is 0 Å². The van der Waals surface area contributed by atoms with Crippen molar-refractivity contribution in [3.63, 3.8) is 0 Å². The van der Waals surface area contributed by atoms with E-state index < -0.39 is 15.9 Å². The van der Waals surface area contributed by atoms with Gasteiger partial charge in [-0.25, -0.2) is 22.4 Å². The summed E-state index contributed by atoms with van der Waals surface area (Å²) in [6.07, 6.45) is 4.33. The molecule has 0 unspecified atom stereocenters. The standard InChI is InChI=1S/C16H11ClN4O3S2/c1-9-3-2-4-18-14(9)20-15(22)10-7-13-12(8-11(10)17)25-16-19-5-6-21(16)26(13,23)24/h2-8H,1H3,(H,18,20,22). The second-order valence-corrected chi connectivity index (χ2v) is 8.71. The van der Waals surface area contributed by atoms with Gasteiger partial charge in [0.25, 0.3) is 15.9 Å². The van der Waals surface area contributed by atoms with Gasteiger partial charge in [-0.15, -0.1) is 0 Å². The summed E-state index contributed by atoms with van der Waals surface area (Å²) in [5, 5.41) is 3.14. The Labute approximate surface area is 158 Å². The Morgan fingerprint density at radius 1 is 1.27 bits per heavy atom. The van der Waals surface area contributed by atoms with E-state index in [-0.39, 0.29) is 15.5 Å². The van der Waals surface area contributed by atoms with Crippen LogP contribution in [0, 0.1) is 6.92 Å². The number of halogens is 1. The summed E-state index contributed by atoms with van der Waals surface area (Å²) < 4.78 is 26.6. The molecule has 7 nitrogen and oxygen atoms in total. The summed E-state index contributed by atoms with van der Waals surface area (Å²) in [4.78, 5) is 21.2. The molecule has 0 radical (unpaired) electrons. The van der Waals surface area contributed by atoms with E-state index in [1.807, 2.05) is 0 Å². The van der Waals surface area contributed by atoms with Crippen molar-refractivity contribution in [3.8, 4) is 0 Å². The number of carbonyl (C=O) groups excluding carboxylic acids is 1. The molecule has 26 heavy (non-hydrogen) atoms. The number of hydrogen-bond donors (Lipinski definition) is 1. The number of amides is 1. The quantitative estimate of drug-likeness (QED) is 0.549. The average molecular weight is 407 g/mol. The number of nitrogens with one attached hydrogen (secondary N) is 1. The molecule has 1 aliphatic heterocycles. The van der Waals surface area contributed by atoms with Crippen molar-refractivity contribution < 1.29 is 13.2 Å². The second kappa shape index (κ2) is 6.11. The fraction of sp³-hybridized carbons (Fsp3) is 0.0625. The molecule has 0 saturated heterocycles. The highest BCUT2D eigenvalue weighted by Crippen LogP contribution is 2.41. The van der Waals surface area contributed by atoms with E-state index in [0.29, 0.717) is 15.9 Å². The maximum atomic E-state index is 12.8. The van der Waals surface area contributed by atoms with Gasteiger partial charge in [-0.3, -0.25) is 4.79 Å². The maximum absolute atomic E-state index is 12.8. The molecule has 0 atom stereocenters. The number of anilines is 1. The fourth-order valence-electron chi connectivity index (χ4n) is 2.52. The first-order valence-electron chi connectivity index (χ1n) is 7.41. The van der Waals surface area contributed by atoms with Crippen LogP contribution in [0.4, 0.5) is 5.82 Å². The van der Waals surface area contributed by atoms with Gasteiger partial charge in [-0.05, 0) is 42.4 Å². The van der Waals surface area contributed by atoms with Crippen LogP contribution < -0.4 is 5.32 Å². The van der Waals surface area contributed by atoms with E-state index in [1.165, 1.54) is 36.3 Å². The summed E-state index contributed by atoms with van der Waals surface area (Å²) in [5.41, 5.74) is 0.837. The average Bonchev–Trinajstić information content (AvgIpc) is 3.06. The third-order valence-corrected chi connectivity index (χ3v) is 7.14. The highest BCUT2D eigenvalue weighted by molar-refractivity contribution is 8.01. The van der Waals surface area contributed by atoms with Crippen molar-refractivity contribution in [2.75, 3.05) is 5.32 Å². The third kappa shape index (κ3) is 2.68. The fourth-order valence-corrected chi connectivity index (χ4v) is 5.74. The first kappa shape index (κ1) is 17.1. The smallest absolute Gasteiger partial charge is 0.270 e. The van der Waals surface area contributed by atoms with Crippen LogP contribution in [0.5, 0.6) is 0 Å². The molecule has 1 aliphatic rings. The second-order valence-electron chi connectivity index (χ2n) is 5.51. The summed E-state index contributed by atoms with van der Waals surface area (Å²) in [5.74, 6) is -0.142. The Morgan fingerprint density at radius 3 is 2.85 bits per heavy atom. The van der Waals surface area contributed by atoms with Gasteiger partial charge in [0.1, 0.15) is 10.7 Å². The number of nitrogens with zero attached hydrogens (tertiary/aromatic N) is 3. The predicted octanol–water partition coefficient (Wildman–Crippen LogP) is 3.19. The van der Waals surface area contributed by atoms with Crippen LogP contribution in [-0.2, 0) is 10.0 Å². The van der Waals surface area contributed by atoms with Crippen LogP contribution in [0.25, 0.3) is 0 Å². The number of imidazole rings is 1. The van der Waals surface area contributed by atoms with Crippen LogP contribution in [0.2, 0.25) is 5.02 Å². The van der Waals surface area contributed by atoms with Crippen LogP contribution in [0.1, 0.15) is 15.9 Å². The number of rotatable bonds is 2. The Morgan fingerprint density at radius 2 is 2.08 bits per heavy atom. The van der Waals surface area contributed by atoms with Crippen molar-refractivity contribution in [1.29, 1.82) is 0 Å². The van der Waals surface area contributed by atoms with Crippen molar-refractivity contribution in [2.24, 2.45) is 0 Å². The SMILES string of the molecule is Cc1cccnc1NC(=O)c1cc2c(cc1Cl)Sc1nccn1S2(=O)=O. The van der Waals surface area contributed by atoms with Crippen molar-refractivity contribution in [2.45, 2.75) is 21.9 Å². The molecule has 0 aliphatic carbocycles. The molecule has 1 amide bonds. The molecule has 3 heterocycles. The molecule has 1 aromatic carbocycles. The molecule has 4 rings (SSSR count). The van der Waals surface area contributed by atoms with Gasteiger partial charge < -0.3 is 5.32 Å². The monoisotopic (exact) mass is 406 g/mol. The molecule has 0 spiro atoms. The minimum absolute atomic E-state index is 0.0142. The van der Waals surface area contributed by atoms with Crippen LogP contribution in [0.3, 0.4) is 0 Å². The lowest BCUT2D eigenvalue weighted by atomic mass is 10.2. The summed E-state index contributed by atoms with van der Waals surface area (Å²) >= 11 is 7.42. The predicted molar refractivity (Wildman–Crippen MR) is 97.3 cm³/mol. The lowest BCUT2D eigenvalue weighted by molar-refractivity contribution is 0.102. The number of hydrogen-bond acceptors (Lipinski definition) is 6. The molecule has 2 aromatic heterocycles. The number of aromatic nitrogens is 3. The molecule has 0 saturated carbocycles. The molecule has 0 bridgehead atoms. The molecule has 0 fully saturated rings. The highest BCUT2D eigenvalue weighted by Gasteiger charge is 2.32. The summed E-state index contributed by atoms with van der Waals surface area (Å²) in [7, 11) is -3.83. The van der Waals surface area contributed by atoms with E-state index in [4.69, 9.17) is 11.6 Å². The number of pyridine rings is 1. The Bertz CT molecular complexity index is 1160. The van der Waals surface area contributed by atoms with Crippen LogP contribution >= 0.6 is 23.4 Å². The number of benzene rings is 1. The first-order chi connectivity index (χ1) is 12.4. The number of fused-ring (bicyclic) bond motifs is 2. The van der Waals surface area contributed by atoms with Crippen LogP contribution in [-0.4, -0.2) is 28.3 Å². The van der Waals surface area contributed by atoms with Gasteiger partial charge in [0.2, 0.25) is 0 Å². The van der Waals surface area contributed by atoms with Crippen molar-refractivity contribution in [3.05, 3.63) is 59.0 Å². The first-order valence-corrected chi connectivity index (χ1v) is 10.0. The minimum Gasteiger partial charge on any atom is -0.306 e. The van der Waals surface area contributed by atoms with Gasteiger partial charge in [-0.1, -0.05) is 17.7 Å². The van der Waals surface area contributed by atoms with Gasteiger partial charge in [0.05, 0.1) is 10.6 Å². The summed E-state index contributed by atoms with van der Waals surface area (Å²) in [6, 6.07) is 6.32. The van der Waals surface area contributed by atoms with Gasteiger partial charge in [-0.2, -0.15) is 0 Å². The third-order valence-electron chi connectivity index (χ3n) is 3.83. The van der Waals surface area contributed by atoms with Gasteiger partial charge in [0, 0.05) is 23.5 Å². The lowest BCUT2D eigenvalue weighted by Crippen LogP contribution is -2.20. The molecular formula is C16H11ClN4O3S2. The Balaban J connectivity index is 1.77. The number of aryl methyl sites for hydroxylation is 1. The van der Waals surface area contributed by atoms with Gasteiger partial charge >= 0.3 is 0 Å². The molecule has 10 heteroatoms. The normalized spacial score (nSPS) is 14.4. The largest absolute Gasteiger partial charge is 0.306 e. The van der Waals surface area contributed by atoms with E-state index in [9.17, 15) is 13.2 Å². The maximum Gasteiger partial charge on any atom is 0.270 e. The zero-order valence-corrected chi connectivity index (χ0v) is 15.7. The summed E-state index contributed by atoms with van der Waals surface area (Å²) in [6.45, 7) is 1.80. The minimum atomic E-state index is -3.83. The zero-order valence-electron chi connectivity index (χ0n) is 13.3. The van der Waals surface area contributed by atoms with Gasteiger partial charge in [0.15, 0.2) is 5.16 Å². The Hall–Kier alpha value is -2.36. The number of carbonyl (C=O) groups is 1. The van der Waals surface area contributed by atoms with Crippen LogP contribution in [0.15, 0.2) is 57.8 Å². The van der Waals surface area contributed by atoms with Crippen molar-refractivity contribution in [1.82, 2.24) is 13.9 Å². The zero-order chi connectivity index (χ0) is 18.5. The van der Waals surface area contributed by atoms with E-state index in [0.717, 1.165) is 9.54 Å². The Kier molecular flexibility index (Phi) is 4.02. The molecule has 3 aromatic rings.